The Morgan fingerprint density at radius 3 is 2.84 bits per heavy atom. The fraction of sp³-hybridized carbons (Fsp3) is 0.538. The van der Waals surface area contributed by atoms with Crippen LogP contribution in [0.2, 0.25) is 0 Å². The first-order chi connectivity index (χ1) is 9.04. The molecule has 1 aliphatic rings. The van der Waals surface area contributed by atoms with E-state index in [-0.39, 0.29) is 11.3 Å². The van der Waals surface area contributed by atoms with Crippen LogP contribution in [0.3, 0.4) is 0 Å². The van der Waals surface area contributed by atoms with Gasteiger partial charge >= 0.3 is 5.97 Å². The van der Waals surface area contributed by atoms with E-state index in [1.165, 1.54) is 22.9 Å². The van der Waals surface area contributed by atoms with Gasteiger partial charge in [-0.1, -0.05) is 13.3 Å². The van der Waals surface area contributed by atoms with E-state index in [9.17, 15) is 14.7 Å². The van der Waals surface area contributed by atoms with Crippen LogP contribution in [0.5, 0.6) is 0 Å². The van der Waals surface area contributed by atoms with Crippen molar-refractivity contribution in [3.63, 3.8) is 0 Å². The summed E-state index contributed by atoms with van der Waals surface area (Å²) < 4.78 is 5.13. The summed E-state index contributed by atoms with van der Waals surface area (Å²) >= 11 is 1.53. The van der Waals surface area contributed by atoms with Crippen LogP contribution in [0.1, 0.15) is 35.9 Å². The molecule has 1 fully saturated rings. The molecular formula is C13H17NO4S. The Kier molecular flexibility index (Phi) is 4.19. The zero-order valence-corrected chi connectivity index (χ0v) is 11.8. The number of nitrogens with zero attached hydrogens (tertiary/aromatic N) is 1. The highest BCUT2D eigenvalue weighted by Crippen LogP contribution is 2.33. The summed E-state index contributed by atoms with van der Waals surface area (Å²) in [6.07, 6.45) is 3.11. The van der Waals surface area contributed by atoms with Gasteiger partial charge in [-0.2, -0.15) is 0 Å². The molecule has 0 radical (unpaired) electrons. The quantitative estimate of drug-likeness (QED) is 0.918. The SMILES string of the molecule is CCCC1SCC(C(=O)O)N1C(=O)c1coc(C)c1. The molecule has 0 bridgehead atoms. The van der Waals surface area contributed by atoms with Crippen molar-refractivity contribution in [2.45, 2.75) is 38.1 Å². The summed E-state index contributed by atoms with van der Waals surface area (Å²) in [5.74, 6) is -0.107. The van der Waals surface area contributed by atoms with Gasteiger partial charge in [0.25, 0.3) is 5.91 Å². The normalized spacial score (nSPS) is 22.7. The zero-order chi connectivity index (χ0) is 14.0. The highest BCUT2D eigenvalue weighted by atomic mass is 32.2. The number of hydrogen-bond acceptors (Lipinski definition) is 4. The van der Waals surface area contributed by atoms with E-state index in [1.54, 1.807) is 13.0 Å². The second kappa shape index (κ2) is 5.69. The Morgan fingerprint density at radius 2 is 2.32 bits per heavy atom. The molecule has 2 atom stereocenters. The van der Waals surface area contributed by atoms with Crippen molar-refractivity contribution in [2.24, 2.45) is 0 Å². The maximum Gasteiger partial charge on any atom is 0.327 e. The van der Waals surface area contributed by atoms with Gasteiger partial charge in [-0.05, 0) is 19.4 Å². The monoisotopic (exact) mass is 283 g/mol. The lowest BCUT2D eigenvalue weighted by atomic mass is 10.2. The first-order valence-corrected chi connectivity index (χ1v) is 7.31. The lowest BCUT2D eigenvalue weighted by Gasteiger charge is -2.26. The van der Waals surface area contributed by atoms with E-state index in [0.29, 0.717) is 17.1 Å². The fourth-order valence-electron chi connectivity index (χ4n) is 2.20. The third-order valence-electron chi connectivity index (χ3n) is 3.13. The summed E-state index contributed by atoms with van der Waals surface area (Å²) in [6, 6.07) is 0.900. The van der Waals surface area contributed by atoms with Crippen LogP contribution in [0, 0.1) is 6.92 Å². The molecule has 1 amide bonds. The molecule has 0 saturated carbocycles. The van der Waals surface area contributed by atoms with Gasteiger partial charge in [-0.3, -0.25) is 4.79 Å². The van der Waals surface area contributed by atoms with Gasteiger partial charge in [0.15, 0.2) is 0 Å². The first-order valence-electron chi connectivity index (χ1n) is 6.26. The van der Waals surface area contributed by atoms with Crippen LogP contribution >= 0.6 is 11.8 Å². The summed E-state index contributed by atoms with van der Waals surface area (Å²) in [7, 11) is 0. The molecule has 2 rings (SSSR count). The topological polar surface area (TPSA) is 70.8 Å². The molecule has 6 heteroatoms. The largest absolute Gasteiger partial charge is 0.480 e. The molecule has 2 heterocycles. The van der Waals surface area contributed by atoms with Crippen molar-refractivity contribution in [3.05, 3.63) is 23.7 Å². The number of furan rings is 1. The summed E-state index contributed by atoms with van der Waals surface area (Å²) in [4.78, 5) is 25.2. The smallest absolute Gasteiger partial charge is 0.327 e. The van der Waals surface area contributed by atoms with Crippen molar-refractivity contribution in [1.29, 1.82) is 0 Å². The van der Waals surface area contributed by atoms with Crippen molar-refractivity contribution in [3.8, 4) is 0 Å². The highest BCUT2D eigenvalue weighted by molar-refractivity contribution is 8.00. The average Bonchev–Trinajstić information content (AvgIpc) is 2.95. The van der Waals surface area contributed by atoms with E-state index in [2.05, 4.69) is 0 Å². The standard InChI is InChI=1S/C13H17NO4S/c1-3-4-11-14(10(7-19-11)13(16)17)12(15)9-5-8(2)18-6-9/h5-6,10-11H,3-4,7H2,1-2H3,(H,16,17). The van der Waals surface area contributed by atoms with Crippen LogP contribution in [0.15, 0.2) is 16.7 Å². The number of rotatable bonds is 4. The Balaban J connectivity index is 2.25. The van der Waals surface area contributed by atoms with Gasteiger partial charge in [0.2, 0.25) is 0 Å². The van der Waals surface area contributed by atoms with Crippen LogP contribution < -0.4 is 0 Å². The van der Waals surface area contributed by atoms with Crippen LogP contribution in [-0.4, -0.2) is 39.1 Å². The van der Waals surface area contributed by atoms with Crippen molar-refractivity contribution in [2.75, 3.05) is 5.75 Å². The summed E-state index contributed by atoms with van der Waals surface area (Å²) in [5.41, 5.74) is 0.423. The van der Waals surface area contributed by atoms with E-state index >= 15 is 0 Å². The second-order valence-electron chi connectivity index (χ2n) is 4.59. The molecule has 0 aromatic carbocycles. The fourth-order valence-corrected chi connectivity index (χ4v) is 3.71. The lowest BCUT2D eigenvalue weighted by Crippen LogP contribution is -2.45. The number of carboxylic acid groups (broad SMARTS) is 1. The Hall–Kier alpha value is -1.43. The highest BCUT2D eigenvalue weighted by Gasteiger charge is 2.41. The van der Waals surface area contributed by atoms with Gasteiger partial charge in [0.1, 0.15) is 18.1 Å². The van der Waals surface area contributed by atoms with Gasteiger partial charge in [-0.25, -0.2) is 4.79 Å². The number of carbonyl (C=O) groups excluding carboxylic acids is 1. The molecule has 104 valence electrons. The van der Waals surface area contributed by atoms with E-state index in [4.69, 9.17) is 4.42 Å². The number of carboxylic acids is 1. The van der Waals surface area contributed by atoms with E-state index in [0.717, 1.165) is 12.8 Å². The third-order valence-corrected chi connectivity index (χ3v) is 4.48. The van der Waals surface area contributed by atoms with Gasteiger partial charge in [-0.15, -0.1) is 11.8 Å². The second-order valence-corrected chi connectivity index (χ2v) is 5.80. The minimum absolute atomic E-state index is 0.0613. The van der Waals surface area contributed by atoms with Crippen LogP contribution in [0.25, 0.3) is 0 Å². The molecule has 0 spiro atoms. The predicted molar refractivity (Wildman–Crippen MR) is 72.2 cm³/mol. The number of thioether (sulfide) groups is 1. The van der Waals surface area contributed by atoms with Crippen LogP contribution in [0.4, 0.5) is 0 Å². The number of amides is 1. The molecular weight excluding hydrogens is 266 g/mol. The van der Waals surface area contributed by atoms with Crippen molar-refractivity contribution in [1.82, 2.24) is 4.90 Å². The molecule has 0 aliphatic carbocycles. The van der Waals surface area contributed by atoms with Gasteiger partial charge in [0.05, 0.1) is 10.9 Å². The minimum atomic E-state index is -0.945. The molecule has 1 aromatic rings. The van der Waals surface area contributed by atoms with E-state index in [1.807, 2.05) is 6.92 Å². The first kappa shape index (κ1) is 14.0. The van der Waals surface area contributed by atoms with Gasteiger partial charge in [0, 0.05) is 5.75 Å². The minimum Gasteiger partial charge on any atom is -0.480 e. The Morgan fingerprint density at radius 1 is 1.58 bits per heavy atom. The summed E-state index contributed by atoms with van der Waals surface area (Å²) in [6.45, 7) is 3.78. The Bertz CT molecular complexity index is 485. The number of carbonyl (C=O) groups is 2. The number of aliphatic carboxylic acids is 1. The third kappa shape index (κ3) is 2.78. The maximum absolute atomic E-state index is 12.4. The number of hydrogen-bond donors (Lipinski definition) is 1. The maximum atomic E-state index is 12.4. The van der Waals surface area contributed by atoms with Crippen molar-refractivity contribution >= 4 is 23.6 Å². The molecule has 1 saturated heterocycles. The number of aryl methyl sites for hydroxylation is 1. The molecule has 19 heavy (non-hydrogen) atoms. The predicted octanol–water partition coefficient (Wildman–Crippen LogP) is 2.36. The Labute approximate surface area is 116 Å². The van der Waals surface area contributed by atoms with Gasteiger partial charge < -0.3 is 14.4 Å². The molecule has 2 unspecified atom stereocenters. The lowest BCUT2D eigenvalue weighted by molar-refractivity contribution is -0.141. The van der Waals surface area contributed by atoms with Crippen LogP contribution in [-0.2, 0) is 4.79 Å². The molecule has 5 nitrogen and oxygen atoms in total. The summed E-state index contributed by atoms with van der Waals surface area (Å²) in [5, 5.41) is 9.18. The molecule has 1 aromatic heterocycles. The molecule has 1 aliphatic heterocycles. The zero-order valence-electron chi connectivity index (χ0n) is 11.0. The average molecular weight is 283 g/mol. The van der Waals surface area contributed by atoms with Crippen molar-refractivity contribution < 1.29 is 19.1 Å². The van der Waals surface area contributed by atoms with E-state index < -0.39 is 12.0 Å². The molecule has 1 N–H and O–H groups in total.